The summed E-state index contributed by atoms with van der Waals surface area (Å²) in [4.78, 5) is 32.6. The number of nitrogens with zero attached hydrogens (tertiary/aromatic N) is 2. The van der Waals surface area contributed by atoms with Gasteiger partial charge in [0, 0.05) is 10.9 Å². The van der Waals surface area contributed by atoms with Crippen LogP contribution in [0, 0.1) is 13.8 Å². The Morgan fingerprint density at radius 2 is 1.93 bits per heavy atom. The zero-order chi connectivity index (χ0) is 21.4. The Morgan fingerprint density at radius 1 is 1.27 bits per heavy atom. The smallest absolute Gasteiger partial charge is 0.263 e. The fourth-order valence-corrected chi connectivity index (χ4v) is 6.23. The Kier molecular flexibility index (Phi) is 6.44. The van der Waals surface area contributed by atoms with Crippen molar-refractivity contribution in [1.29, 1.82) is 0 Å². The molecule has 1 N–H and O–H groups in total. The summed E-state index contributed by atoms with van der Waals surface area (Å²) in [5.74, 6) is -0.143. The molecular formula is C21H21Cl2N3O2S2. The van der Waals surface area contributed by atoms with Gasteiger partial charge in [0.25, 0.3) is 5.56 Å². The van der Waals surface area contributed by atoms with Crippen LogP contribution in [-0.2, 0) is 4.79 Å². The van der Waals surface area contributed by atoms with Crippen LogP contribution >= 0.6 is 46.3 Å². The molecule has 2 heterocycles. The van der Waals surface area contributed by atoms with E-state index in [1.165, 1.54) is 23.1 Å². The maximum Gasteiger partial charge on any atom is 0.263 e. The monoisotopic (exact) mass is 481 g/mol. The zero-order valence-electron chi connectivity index (χ0n) is 16.6. The number of benzene rings is 1. The van der Waals surface area contributed by atoms with Crippen LogP contribution in [0.25, 0.3) is 10.2 Å². The summed E-state index contributed by atoms with van der Waals surface area (Å²) in [6.45, 7) is 3.98. The van der Waals surface area contributed by atoms with E-state index in [0.29, 0.717) is 26.3 Å². The van der Waals surface area contributed by atoms with Crippen molar-refractivity contribution in [3.8, 4) is 0 Å². The summed E-state index contributed by atoms with van der Waals surface area (Å²) in [7, 11) is 0. The predicted octanol–water partition coefficient (Wildman–Crippen LogP) is 6.23. The Morgan fingerprint density at radius 3 is 2.60 bits per heavy atom. The Balaban J connectivity index is 1.64. The molecule has 0 aliphatic heterocycles. The SMILES string of the molecule is Cc1sc2nc(SCC(=O)Nc3c(Cl)cccc3Cl)n(C3CCCC3)c(=O)c2c1C. The van der Waals surface area contributed by atoms with Crippen molar-refractivity contribution in [1.82, 2.24) is 9.55 Å². The van der Waals surface area contributed by atoms with E-state index in [1.807, 2.05) is 18.4 Å². The van der Waals surface area contributed by atoms with Crippen LogP contribution in [0.2, 0.25) is 10.0 Å². The number of aryl methyl sites for hydroxylation is 2. The van der Waals surface area contributed by atoms with E-state index in [0.717, 1.165) is 41.0 Å². The minimum Gasteiger partial charge on any atom is -0.323 e. The molecule has 0 bridgehead atoms. The number of hydrogen-bond acceptors (Lipinski definition) is 5. The molecule has 1 aromatic carbocycles. The van der Waals surface area contributed by atoms with Gasteiger partial charge in [0.05, 0.1) is 26.9 Å². The van der Waals surface area contributed by atoms with Crippen LogP contribution < -0.4 is 10.9 Å². The molecule has 2 aromatic heterocycles. The molecule has 158 valence electrons. The number of anilines is 1. The highest BCUT2D eigenvalue weighted by Crippen LogP contribution is 2.35. The van der Waals surface area contributed by atoms with E-state index in [2.05, 4.69) is 5.32 Å². The first-order chi connectivity index (χ1) is 14.4. The second kappa shape index (κ2) is 8.91. The van der Waals surface area contributed by atoms with E-state index in [-0.39, 0.29) is 23.3 Å². The summed E-state index contributed by atoms with van der Waals surface area (Å²) >= 11 is 15.1. The first-order valence-corrected chi connectivity index (χ1v) is 12.3. The molecule has 0 atom stereocenters. The summed E-state index contributed by atoms with van der Waals surface area (Å²) < 4.78 is 1.81. The summed E-state index contributed by atoms with van der Waals surface area (Å²) in [6.07, 6.45) is 4.13. The lowest BCUT2D eigenvalue weighted by Gasteiger charge is -2.18. The standard InChI is InChI=1S/C21H21Cl2N3O2S2/c1-11-12(2)30-19-17(11)20(28)26(13-6-3-4-7-13)21(25-19)29-10-16(27)24-18-14(22)8-5-9-15(18)23/h5,8-9,13H,3-4,6-7,10H2,1-2H3,(H,24,27). The molecule has 3 aromatic rings. The van der Waals surface area contributed by atoms with Gasteiger partial charge in [0.15, 0.2) is 5.16 Å². The second-order valence-corrected chi connectivity index (χ2v) is 10.4. The lowest BCUT2D eigenvalue weighted by Crippen LogP contribution is -2.27. The Hall–Kier alpha value is -1.54. The predicted molar refractivity (Wildman–Crippen MR) is 127 cm³/mol. The van der Waals surface area contributed by atoms with Crippen molar-refractivity contribution in [3.05, 3.63) is 49.0 Å². The molecule has 5 nitrogen and oxygen atoms in total. The Labute approximate surface area is 192 Å². The normalized spacial score (nSPS) is 14.5. The largest absolute Gasteiger partial charge is 0.323 e. The highest BCUT2D eigenvalue weighted by atomic mass is 35.5. The van der Waals surface area contributed by atoms with Crippen molar-refractivity contribution >= 4 is 68.1 Å². The number of aromatic nitrogens is 2. The van der Waals surface area contributed by atoms with E-state index in [1.54, 1.807) is 18.2 Å². The highest BCUT2D eigenvalue weighted by Gasteiger charge is 2.25. The number of thiophene rings is 1. The first kappa shape index (κ1) is 21.7. The molecule has 0 spiro atoms. The maximum absolute atomic E-state index is 13.4. The molecule has 9 heteroatoms. The molecule has 0 unspecified atom stereocenters. The van der Waals surface area contributed by atoms with Gasteiger partial charge in [-0.2, -0.15) is 0 Å². The van der Waals surface area contributed by atoms with Crippen molar-refractivity contribution in [2.24, 2.45) is 0 Å². The van der Waals surface area contributed by atoms with Crippen molar-refractivity contribution in [2.75, 3.05) is 11.1 Å². The third-order valence-electron chi connectivity index (χ3n) is 5.45. The molecule has 0 radical (unpaired) electrons. The fraction of sp³-hybridized carbons (Fsp3) is 0.381. The molecule has 1 aliphatic rings. The van der Waals surface area contributed by atoms with Gasteiger partial charge < -0.3 is 5.32 Å². The van der Waals surface area contributed by atoms with E-state index in [9.17, 15) is 9.59 Å². The van der Waals surface area contributed by atoms with E-state index in [4.69, 9.17) is 28.2 Å². The minimum absolute atomic E-state index is 0.00538. The average molecular weight is 482 g/mol. The molecule has 4 rings (SSSR count). The quantitative estimate of drug-likeness (QED) is 0.346. The van der Waals surface area contributed by atoms with Gasteiger partial charge in [0.1, 0.15) is 4.83 Å². The molecule has 1 fully saturated rings. The van der Waals surface area contributed by atoms with Crippen LogP contribution in [-0.4, -0.2) is 21.2 Å². The number of amides is 1. The fourth-order valence-electron chi connectivity index (χ4n) is 3.80. The minimum atomic E-state index is -0.249. The highest BCUT2D eigenvalue weighted by molar-refractivity contribution is 7.99. The van der Waals surface area contributed by atoms with Crippen LogP contribution in [0.15, 0.2) is 28.2 Å². The molecule has 0 saturated heterocycles. The lowest BCUT2D eigenvalue weighted by molar-refractivity contribution is -0.113. The number of nitrogens with one attached hydrogen (secondary N) is 1. The Bertz CT molecular complexity index is 1160. The van der Waals surface area contributed by atoms with E-state index < -0.39 is 0 Å². The number of rotatable bonds is 5. The number of carbonyl (C=O) groups is 1. The molecular weight excluding hydrogens is 461 g/mol. The van der Waals surface area contributed by atoms with Gasteiger partial charge >= 0.3 is 0 Å². The van der Waals surface area contributed by atoms with Crippen molar-refractivity contribution in [2.45, 2.75) is 50.7 Å². The number of hydrogen-bond donors (Lipinski definition) is 1. The number of carbonyl (C=O) groups excluding carboxylic acids is 1. The maximum atomic E-state index is 13.4. The first-order valence-electron chi connectivity index (χ1n) is 9.75. The molecule has 30 heavy (non-hydrogen) atoms. The third kappa shape index (κ3) is 4.13. The average Bonchev–Trinajstić information content (AvgIpc) is 3.32. The topological polar surface area (TPSA) is 64.0 Å². The van der Waals surface area contributed by atoms with Gasteiger partial charge in [-0.15, -0.1) is 11.3 Å². The summed E-state index contributed by atoms with van der Waals surface area (Å²) in [5.41, 5.74) is 1.40. The number of halogens is 2. The molecule has 1 saturated carbocycles. The lowest BCUT2D eigenvalue weighted by atomic mass is 10.2. The number of fused-ring (bicyclic) bond motifs is 1. The van der Waals surface area contributed by atoms with Gasteiger partial charge in [-0.3, -0.25) is 14.2 Å². The van der Waals surface area contributed by atoms with Gasteiger partial charge in [-0.05, 0) is 44.4 Å². The van der Waals surface area contributed by atoms with E-state index >= 15 is 0 Å². The van der Waals surface area contributed by atoms with Crippen molar-refractivity contribution < 1.29 is 4.79 Å². The van der Waals surface area contributed by atoms with Gasteiger partial charge in [-0.1, -0.05) is 53.9 Å². The number of thioether (sulfide) groups is 1. The molecule has 1 amide bonds. The number of para-hydroxylation sites is 1. The summed E-state index contributed by atoms with van der Waals surface area (Å²) in [5, 5.41) is 4.84. The summed E-state index contributed by atoms with van der Waals surface area (Å²) in [6, 6.07) is 5.20. The zero-order valence-corrected chi connectivity index (χ0v) is 19.8. The van der Waals surface area contributed by atoms with Gasteiger partial charge in [0.2, 0.25) is 5.91 Å². The van der Waals surface area contributed by atoms with Crippen LogP contribution in [0.4, 0.5) is 5.69 Å². The van der Waals surface area contributed by atoms with Crippen molar-refractivity contribution in [3.63, 3.8) is 0 Å². The third-order valence-corrected chi connectivity index (χ3v) is 8.14. The van der Waals surface area contributed by atoms with Crippen LogP contribution in [0.1, 0.15) is 42.2 Å². The van der Waals surface area contributed by atoms with Crippen LogP contribution in [0.3, 0.4) is 0 Å². The second-order valence-electron chi connectivity index (χ2n) is 7.40. The van der Waals surface area contributed by atoms with Gasteiger partial charge in [-0.25, -0.2) is 4.98 Å². The van der Waals surface area contributed by atoms with Crippen LogP contribution in [0.5, 0.6) is 0 Å². The molecule has 1 aliphatic carbocycles.